The highest BCUT2D eigenvalue weighted by molar-refractivity contribution is 6.01. The maximum absolute atomic E-state index is 14.5. The number of nitrogens with two attached hydrogens (primary N) is 2. The van der Waals surface area contributed by atoms with Crippen LogP contribution < -0.4 is 21.7 Å². The zero-order chi connectivity index (χ0) is 39.0. The lowest BCUT2D eigenvalue weighted by atomic mass is 9.67. The van der Waals surface area contributed by atoms with Gasteiger partial charge in [-0.2, -0.15) is 0 Å². The molecule has 0 aromatic heterocycles. The number of benzene rings is 3. The molecule has 6 N–H and O–H groups in total. The fraction of sp³-hybridized carbons (Fsp3) is 0.409. The Kier molecular flexibility index (Phi) is 9.98. The van der Waals surface area contributed by atoms with Crippen LogP contribution in [0.1, 0.15) is 61.1 Å². The Labute approximate surface area is 327 Å². The van der Waals surface area contributed by atoms with E-state index in [0.29, 0.717) is 76.2 Å². The number of imide groups is 1. The maximum Gasteiger partial charge on any atom is 0.234 e. The second-order valence-corrected chi connectivity index (χ2v) is 16.4. The summed E-state index contributed by atoms with van der Waals surface area (Å²) in [6, 6.07) is 25.1. The number of likely N-dealkylation sites (tertiary alicyclic amines) is 3. The number of hydrogen-bond donors (Lipinski definition) is 4. The van der Waals surface area contributed by atoms with E-state index in [4.69, 9.17) is 11.5 Å². The van der Waals surface area contributed by atoms with Crippen molar-refractivity contribution in [2.45, 2.75) is 49.9 Å². The number of anilines is 1. The number of nitrogens with one attached hydrogen (secondary N) is 1. The van der Waals surface area contributed by atoms with Gasteiger partial charge >= 0.3 is 0 Å². The van der Waals surface area contributed by atoms with Gasteiger partial charge in [-0.25, -0.2) is 0 Å². The molecule has 0 bridgehead atoms. The summed E-state index contributed by atoms with van der Waals surface area (Å²) in [5.41, 5.74) is 16.5. The van der Waals surface area contributed by atoms with E-state index < -0.39 is 5.41 Å². The van der Waals surface area contributed by atoms with E-state index in [9.17, 15) is 24.3 Å². The number of allylic oxidation sites excluding steroid dienone is 1. The summed E-state index contributed by atoms with van der Waals surface area (Å²) in [5.74, 6) is -0.265. The van der Waals surface area contributed by atoms with Gasteiger partial charge in [0.2, 0.25) is 23.6 Å². The lowest BCUT2D eigenvalue weighted by Gasteiger charge is -2.62. The van der Waals surface area contributed by atoms with Gasteiger partial charge in [-0.3, -0.25) is 24.5 Å². The van der Waals surface area contributed by atoms with Crippen LogP contribution in [0.15, 0.2) is 96.8 Å². The Hall–Kier alpha value is -5.78. The molecule has 292 valence electrons. The van der Waals surface area contributed by atoms with Crippen LogP contribution >= 0.6 is 0 Å². The molecule has 1 spiro atoms. The Morgan fingerprint density at radius 3 is 2.07 bits per heavy atom. The number of phenols is 1. The van der Waals surface area contributed by atoms with Gasteiger partial charge in [0, 0.05) is 93.3 Å². The largest absolute Gasteiger partial charge is 0.507 e. The number of piperidine rings is 3. The van der Waals surface area contributed by atoms with E-state index in [1.165, 1.54) is 6.20 Å². The number of carbonyl (C=O) groups is 4. The molecule has 5 fully saturated rings. The van der Waals surface area contributed by atoms with Crippen molar-refractivity contribution in [3.8, 4) is 5.75 Å². The van der Waals surface area contributed by atoms with Gasteiger partial charge in [0.15, 0.2) is 0 Å². The lowest BCUT2D eigenvalue weighted by molar-refractivity contribution is -0.175. The number of para-hydroxylation sites is 1. The topological polar surface area (TPSA) is 166 Å². The molecule has 8 rings (SSSR count). The molecule has 4 amide bonds. The van der Waals surface area contributed by atoms with Crippen LogP contribution in [-0.2, 0) is 24.6 Å². The minimum Gasteiger partial charge on any atom is -0.507 e. The summed E-state index contributed by atoms with van der Waals surface area (Å²) < 4.78 is 0. The number of phenolic OH excluding ortho intramolecular Hbond substituents is 1. The summed E-state index contributed by atoms with van der Waals surface area (Å²) in [7, 11) is 0. The molecule has 5 heterocycles. The van der Waals surface area contributed by atoms with Crippen molar-refractivity contribution in [2.24, 2.45) is 22.8 Å². The van der Waals surface area contributed by atoms with Gasteiger partial charge in [-0.05, 0) is 73.6 Å². The Bertz CT molecular complexity index is 2030. The molecule has 12 heteroatoms. The molecule has 12 nitrogen and oxygen atoms in total. The number of nitrogens with zero attached hydrogens (tertiary/aromatic N) is 4. The normalized spacial score (nSPS) is 22.7. The fourth-order valence-corrected chi connectivity index (χ4v) is 9.63. The summed E-state index contributed by atoms with van der Waals surface area (Å²) in [6.45, 7) is 5.51. The van der Waals surface area contributed by atoms with Crippen LogP contribution in [-0.4, -0.2) is 95.8 Å². The van der Waals surface area contributed by atoms with Gasteiger partial charge in [0.1, 0.15) is 5.75 Å². The second-order valence-electron chi connectivity index (χ2n) is 16.4. The molecule has 0 saturated carbocycles. The van der Waals surface area contributed by atoms with E-state index in [0.717, 1.165) is 48.4 Å². The van der Waals surface area contributed by atoms with Crippen LogP contribution in [0.4, 0.5) is 5.69 Å². The average molecular weight is 758 g/mol. The van der Waals surface area contributed by atoms with Crippen LogP contribution in [0.25, 0.3) is 5.70 Å². The van der Waals surface area contributed by atoms with E-state index in [-0.39, 0.29) is 46.6 Å². The smallest absolute Gasteiger partial charge is 0.234 e. The zero-order valence-electron chi connectivity index (χ0n) is 31.7. The van der Waals surface area contributed by atoms with Gasteiger partial charge in [-0.15, -0.1) is 0 Å². The first-order valence-electron chi connectivity index (χ1n) is 19.8. The third kappa shape index (κ3) is 6.97. The first kappa shape index (κ1) is 37.2. The summed E-state index contributed by atoms with van der Waals surface area (Å²) >= 11 is 0. The number of hydrogen-bond acceptors (Lipinski definition) is 9. The predicted octanol–water partition coefficient (Wildman–Crippen LogP) is 3.63. The van der Waals surface area contributed by atoms with E-state index in [1.54, 1.807) is 24.3 Å². The highest BCUT2D eigenvalue weighted by atomic mass is 16.3. The van der Waals surface area contributed by atoms with Crippen LogP contribution in [0.3, 0.4) is 0 Å². The molecule has 3 aromatic rings. The Balaban J connectivity index is 0.840. The van der Waals surface area contributed by atoms with Crippen molar-refractivity contribution in [1.82, 2.24) is 20.0 Å². The predicted molar refractivity (Wildman–Crippen MR) is 214 cm³/mol. The van der Waals surface area contributed by atoms with Crippen molar-refractivity contribution in [3.05, 3.63) is 114 Å². The summed E-state index contributed by atoms with van der Waals surface area (Å²) in [5, 5.41) is 12.7. The fourth-order valence-electron chi connectivity index (χ4n) is 9.63. The van der Waals surface area contributed by atoms with Crippen LogP contribution in [0, 0.1) is 11.3 Å². The molecule has 0 aliphatic carbocycles. The summed E-state index contributed by atoms with van der Waals surface area (Å²) in [6.07, 6.45) is 7.02. The third-order valence-electron chi connectivity index (χ3n) is 12.9. The molecule has 1 atom stereocenters. The maximum atomic E-state index is 14.5. The molecule has 5 aliphatic rings. The van der Waals surface area contributed by atoms with Crippen molar-refractivity contribution < 1.29 is 24.3 Å². The van der Waals surface area contributed by atoms with E-state index >= 15 is 0 Å². The number of rotatable bonds is 8. The number of carbonyl (C=O) groups excluding carboxylic acids is 4. The number of aromatic hydroxyl groups is 1. The van der Waals surface area contributed by atoms with Gasteiger partial charge in [0.25, 0.3) is 0 Å². The van der Waals surface area contributed by atoms with Crippen molar-refractivity contribution in [3.63, 3.8) is 0 Å². The molecular weight excluding hydrogens is 707 g/mol. The van der Waals surface area contributed by atoms with Crippen molar-refractivity contribution >= 4 is 35.0 Å². The average Bonchev–Trinajstić information content (AvgIpc) is 3.19. The monoisotopic (exact) mass is 757 g/mol. The molecular formula is C44H51N7O5. The zero-order valence-corrected chi connectivity index (χ0v) is 31.7. The minimum absolute atomic E-state index is 0.00766. The molecule has 0 radical (unpaired) electrons. The molecule has 1 unspecified atom stereocenters. The Morgan fingerprint density at radius 1 is 0.786 bits per heavy atom. The first-order valence-corrected chi connectivity index (χ1v) is 19.8. The van der Waals surface area contributed by atoms with E-state index in [1.807, 2.05) is 58.3 Å². The van der Waals surface area contributed by atoms with Gasteiger partial charge in [0.05, 0.1) is 17.0 Å². The highest BCUT2D eigenvalue weighted by Crippen LogP contribution is 2.46. The third-order valence-corrected chi connectivity index (χ3v) is 12.9. The first-order chi connectivity index (χ1) is 27.1. The van der Waals surface area contributed by atoms with Crippen LogP contribution in [0.2, 0.25) is 0 Å². The van der Waals surface area contributed by atoms with E-state index in [2.05, 4.69) is 27.2 Å². The molecule has 56 heavy (non-hydrogen) atoms. The second kappa shape index (κ2) is 15.0. The number of amides is 4. The lowest BCUT2D eigenvalue weighted by Crippen LogP contribution is -2.75. The Morgan fingerprint density at radius 2 is 1.43 bits per heavy atom. The minimum atomic E-state index is -0.662. The van der Waals surface area contributed by atoms with Gasteiger partial charge in [-0.1, -0.05) is 54.6 Å². The van der Waals surface area contributed by atoms with Crippen molar-refractivity contribution in [1.29, 1.82) is 0 Å². The SMILES string of the molecule is N/C=C(\C=C(/N)c1ccccc1O)N1CCC(C(=O)N2CC3(CN(C(=O)C4CCN(c5ccc(C6CCC(=O)NC6=O)cc5)CC4)C3)C2)(c2ccccc2)CC1. The standard InChI is InChI=1S/C44H51N7O5/c45-25-34(24-37(46)36-8-4-5-9-38(36)52)49-22-18-44(19-23-49,32-6-2-1-3-7-32)42(56)51-28-43(29-51)26-50(27-43)41(55)31-16-20-48(21-17-31)33-12-10-30(11-13-33)35-14-15-39(53)47-40(35)54/h1-13,24-25,31,35,52H,14-23,26-29,45-46H2,(H,47,53,54)/b34-25+,37-24-. The van der Waals surface area contributed by atoms with Gasteiger partial charge < -0.3 is 36.2 Å². The van der Waals surface area contributed by atoms with Crippen LogP contribution in [0.5, 0.6) is 5.75 Å². The molecule has 5 aliphatic heterocycles. The summed E-state index contributed by atoms with van der Waals surface area (Å²) in [4.78, 5) is 60.4. The highest BCUT2D eigenvalue weighted by Gasteiger charge is 2.58. The molecule has 5 saturated heterocycles. The van der Waals surface area contributed by atoms with Crippen molar-refractivity contribution in [2.75, 3.05) is 57.3 Å². The quantitative estimate of drug-likeness (QED) is 0.198. The molecule has 3 aromatic carbocycles.